The standard InChI is InChI=1S/C21H34N2O2/c1-2-3-18-25-20-13-11-19(12-14-20)22-21(24)10-6-9-17-23-15-7-4-5-8-16-23/h11-14H,2-10,15-18H2,1H3,(H,22,24). The average molecular weight is 347 g/mol. The van der Waals surface area contributed by atoms with Crippen LogP contribution in [0.1, 0.15) is 64.7 Å². The number of amides is 1. The van der Waals surface area contributed by atoms with Crippen LogP contribution >= 0.6 is 0 Å². The van der Waals surface area contributed by atoms with Crippen molar-refractivity contribution in [3.63, 3.8) is 0 Å². The molecule has 1 saturated heterocycles. The number of ether oxygens (including phenoxy) is 1. The summed E-state index contributed by atoms with van der Waals surface area (Å²) in [7, 11) is 0. The summed E-state index contributed by atoms with van der Waals surface area (Å²) in [6, 6.07) is 7.67. The number of nitrogens with zero attached hydrogens (tertiary/aromatic N) is 1. The molecule has 1 N–H and O–H groups in total. The third-order valence-corrected chi connectivity index (χ3v) is 4.73. The highest BCUT2D eigenvalue weighted by atomic mass is 16.5. The molecular formula is C21H34N2O2. The highest BCUT2D eigenvalue weighted by Gasteiger charge is 2.09. The van der Waals surface area contributed by atoms with Crippen molar-refractivity contribution in [1.82, 2.24) is 4.90 Å². The van der Waals surface area contributed by atoms with Crippen LogP contribution in [0.25, 0.3) is 0 Å². The maximum atomic E-state index is 12.1. The Bertz CT molecular complexity index is 479. The highest BCUT2D eigenvalue weighted by molar-refractivity contribution is 5.90. The van der Waals surface area contributed by atoms with Crippen molar-refractivity contribution >= 4 is 11.6 Å². The van der Waals surface area contributed by atoms with Gasteiger partial charge in [0, 0.05) is 12.1 Å². The Labute approximate surface area is 152 Å². The molecule has 1 aliphatic rings. The normalized spacial score (nSPS) is 15.6. The van der Waals surface area contributed by atoms with E-state index in [1.54, 1.807) is 0 Å². The molecule has 140 valence electrons. The number of hydrogen-bond donors (Lipinski definition) is 1. The van der Waals surface area contributed by atoms with Crippen molar-refractivity contribution in [2.45, 2.75) is 64.7 Å². The summed E-state index contributed by atoms with van der Waals surface area (Å²) in [4.78, 5) is 14.6. The maximum Gasteiger partial charge on any atom is 0.224 e. The molecule has 1 heterocycles. The van der Waals surface area contributed by atoms with E-state index in [1.807, 2.05) is 24.3 Å². The highest BCUT2D eigenvalue weighted by Crippen LogP contribution is 2.16. The Morgan fingerprint density at radius 3 is 2.44 bits per heavy atom. The Balaban J connectivity index is 1.59. The van der Waals surface area contributed by atoms with E-state index in [1.165, 1.54) is 38.8 Å². The summed E-state index contributed by atoms with van der Waals surface area (Å²) >= 11 is 0. The van der Waals surface area contributed by atoms with Crippen LogP contribution in [-0.2, 0) is 4.79 Å². The monoisotopic (exact) mass is 346 g/mol. The predicted molar refractivity (Wildman–Crippen MR) is 104 cm³/mol. The maximum absolute atomic E-state index is 12.1. The lowest BCUT2D eigenvalue weighted by Crippen LogP contribution is -2.25. The second-order valence-corrected chi connectivity index (χ2v) is 6.99. The van der Waals surface area contributed by atoms with E-state index in [0.29, 0.717) is 6.42 Å². The molecule has 4 heteroatoms. The van der Waals surface area contributed by atoms with Crippen molar-refractivity contribution < 1.29 is 9.53 Å². The van der Waals surface area contributed by atoms with Crippen molar-refractivity contribution in [1.29, 1.82) is 0 Å². The molecule has 0 radical (unpaired) electrons. The van der Waals surface area contributed by atoms with Gasteiger partial charge in [0.05, 0.1) is 6.61 Å². The first-order valence-electron chi connectivity index (χ1n) is 10.0. The number of unbranched alkanes of at least 4 members (excludes halogenated alkanes) is 2. The average Bonchev–Trinajstić information content (AvgIpc) is 2.89. The van der Waals surface area contributed by atoms with Crippen LogP contribution in [0, 0.1) is 0 Å². The molecule has 0 aliphatic carbocycles. The molecule has 2 rings (SSSR count). The predicted octanol–water partition coefficient (Wildman–Crippen LogP) is 4.85. The Hall–Kier alpha value is -1.55. The number of carbonyl (C=O) groups is 1. The van der Waals surface area contributed by atoms with Crippen molar-refractivity contribution in [3.8, 4) is 5.75 Å². The topological polar surface area (TPSA) is 41.6 Å². The van der Waals surface area contributed by atoms with Gasteiger partial charge in [0.2, 0.25) is 5.91 Å². The fourth-order valence-corrected chi connectivity index (χ4v) is 3.17. The number of rotatable bonds is 10. The number of benzene rings is 1. The van der Waals surface area contributed by atoms with Crippen LogP contribution in [0.4, 0.5) is 5.69 Å². The lowest BCUT2D eigenvalue weighted by Gasteiger charge is -2.19. The van der Waals surface area contributed by atoms with Gasteiger partial charge in [-0.05, 0) is 76.0 Å². The van der Waals surface area contributed by atoms with Gasteiger partial charge >= 0.3 is 0 Å². The Kier molecular flexibility index (Phi) is 9.42. The zero-order valence-electron chi connectivity index (χ0n) is 15.8. The number of carbonyl (C=O) groups excluding carboxylic acids is 1. The van der Waals surface area contributed by atoms with Crippen molar-refractivity contribution in [2.75, 3.05) is 31.6 Å². The summed E-state index contributed by atoms with van der Waals surface area (Å²) < 4.78 is 5.63. The number of nitrogens with one attached hydrogen (secondary N) is 1. The molecular weight excluding hydrogens is 312 g/mol. The van der Waals surface area contributed by atoms with Crippen LogP contribution in [0.2, 0.25) is 0 Å². The summed E-state index contributed by atoms with van der Waals surface area (Å²) in [5.74, 6) is 0.972. The van der Waals surface area contributed by atoms with E-state index in [-0.39, 0.29) is 5.91 Å². The van der Waals surface area contributed by atoms with Crippen LogP contribution < -0.4 is 10.1 Å². The molecule has 1 aliphatic heterocycles. The summed E-state index contributed by atoms with van der Waals surface area (Å²) in [5, 5.41) is 2.98. The minimum absolute atomic E-state index is 0.107. The quantitative estimate of drug-likeness (QED) is 0.616. The van der Waals surface area contributed by atoms with Gasteiger partial charge < -0.3 is 15.0 Å². The van der Waals surface area contributed by atoms with E-state index < -0.39 is 0 Å². The van der Waals surface area contributed by atoms with Crippen LogP contribution in [0.3, 0.4) is 0 Å². The zero-order valence-corrected chi connectivity index (χ0v) is 15.8. The Morgan fingerprint density at radius 1 is 1.04 bits per heavy atom. The summed E-state index contributed by atoms with van der Waals surface area (Å²) in [5.41, 5.74) is 0.848. The molecule has 0 atom stereocenters. The van der Waals surface area contributed by atoms with E-state index in [9.17, 15) is 4.79 Å². The fourth-order valence-electron chi connectivity index (χ4n) is 3.17. The number of hydrogen-bond acceptors (Lipinski definition) is 3. The van der Waals surface area contributed by atoms with Gasteiger partial charge in [0.1, 0.15) is 5.75 Å². The van der Waals surface area contributed by atoms with Gasteiger partial charge in [0.15, 0.2) is 0 Å². The van der Waals surface area contributed by atoms with Crippen LogP contribution in [0.5, 0.6) is 5.75 Å². The molecule has 0 aromatic heterocycles. The molecule has 25 heavy (non-hydrogen) atoms. The SMILES string of the molecule is CCCCOc1ccc(NC(=O)CCCCN2CCCCCC2)cc1. The molecule has 0 unspecified atom stereocenters. The zero-order chi connectivity index (χ0) is 17.7. The molecule has 4 nitrogen and oxygen atoms in total. The van der Waals surface area contributed by atoms with Gasteiger partial charge in [-0.2, -0.15) is 0 Å². The second kappa shape index (κ2) is 11.9. The first-order chi connectivity index (χ1) is 12.3. The van der Waals surface area contributed by atoms with E-state index in [2.05, 4.69) is 17.1 Å². The van der Waals surface area contributed by atoms with Crippen LogP contribution in [-0.4, -0.2) is 37.0 Å². The molecule has 0 saturated carbocycles. The van der Waals surface area contributed by atoms with Gasteiger partial charge in [-0.1, -0.05) is 26.2 Å². The largest absolute Gasteiger partial charge is 0.494 e. The number of likely N-dealkylation sites (tertiary alicyclic amines) is 1. The molecule has 0 bridgehead atoms. The fraction of sp³-hybridized carbons (Fsp3) is 0.667. The van der Waals surface area contributed by atoms with E-state index in [4.69, 9.17) is 4.74 Å². The molecule has 1 fully saturated rings. The lowest BCUT2D eigenvalue weighted by molar-refractivity contribution is -0.116. The molecule has 1 amide bonds. The first-order valence-corrected chi connectivity index (χ1v) is 10.0. The minimum Gasteiger partial charge on any atom is -0.494 e. The van der Waals surface area contributed by atoms with Crippen molar-refractivity contribution in [3.05, 3.63) is 24.3 Å². The van der Waals surface area contributed by atoms with Gasteiger partial charge in [-0.3, -0.25) is 4.79 Å². The summed E-state index contributed by atoms with van der Waals surface area (Å²) in [6.07, 6.45) is 10.3. The van der Waals surface area contributed by atoms with Gasteiger partial charge in [-0.25, -0.2) is 0 Å². The van der Waals surface area contributed by atoms with E-state index >= 15 is 0 Å². The lowest BCUT2D eigenvalue weighted by atomic mass is 10.2. The van der Waals surface area contributed by atoms with E-state index in [0.717, 1.165) is 50.3 Å². The van der Waals surface area contributed by atoms with Gasteiger partial charge in [0.25, 0.3) is 0 Å². The van der Waals surface area contributed by atoms with Gasteiger partial charge in [-0.15, -0.1) is 0 Å². The molecule has 0 spiro atoms. The second-order valence-electron chi connectivity index (χ2n) is 6.99. The first kappa shape index (κ1) is 19.8. The van der Waals surface area contributed by atoms with Crippen LogP contribution in [0.15, 0.2) is 24.3 Å². The molecule has 1 aromatic rings. The van der Waals surface area contributed by atoms with Crippen molar-refractivity contribution in [2.24, 2.45) is 0 Å². The number of anilines is 1. The summed E-state index contributed by atoms with van der Waals surface area (Å²) in [6.45, 7) is 6.50. The third kappa shape index (κ3) is 8.39. The molecule has 1 aromatic carbocycles. The minimum atomic E-state index is 0.107. The Morgan fingerprint density at radius 2 is 1.76 bits per heavy atom. The third-order valence-electron chi connectivity index (χ3n) is 4.73. The smallest absolute Gasteiger partial charge is 0.224 e.